The molecule has 0 aromatic heterocycles. The van der Waals surface area contributed by atoms with E-state index < -0.39 is 11.6 Å². The average Bonchev–Trinajstić information content (AvgIpc) is 3.36. The predicted octanol–water partition coefficient (Wildman–Crippen LogP) is 4.20. The van der Waals surface area contributed by atoms with Crippen molar-refractivity contribution in [3.05, 3.63) is 34.9 Å². The van der Waals surface area contributed by atoms with Crippen molar-refractivity contribution in [2.24, 2.45) is 5.92 Å². The molecule has 0 spiro atoms. The number of aryl methyl sites for hydroxylation is 1. The summed E-state index contributed by atoms with van der Waals surface area (Å²) in [7, 11) is 0. The number of ether oxygens (including phenoxy) is 1. The molecule has 1 aromatic rings. The average molecular weight is 345 g/mol. The smallest absolute Gasteiger partial charge is 0.410 e. The van der Waals surface area contributed by atoms with Crippen molar-refractivity contribution < 1.29 is 19.4 Å². The molecule has 0 saturated heterocycles. The minimum atomic E-state index is -0.910. The van der Waals surface area contributed by atoms with E-state index in [1.54, 1.807) is 6.07 Å². The molecule has 0 bridgehead atoms. The first kappa shape index (κ1) is 17.8. The van der Waals surface area contributed by atoms with Gasteiger partial charge in [0.05, 0.1) is 5.56 Å². The summed E-state index contributed by atoms with van der Waals surface area (Å²) in [4.78, 5) is 26.0. The molecule has 1 amide bonds. The first-order chi connectivity index (χ1) is 11.7. The number of aromatic carboxylic acids is 1. The highest BCUT2D eigenvalue weighted by atomic mass is 16.6. The second-order valence-corrected chi connectivity index (χ2v) is 8.38. The summed E-state index contributed by atoms with van der Waals surface area (Å²) in [5.41, 5.74) is 1.69. The lowest BCUT2D eigenvalue weighted by molar-refractivity contribution is 0.0220. The molecule has 1 N–H and O–H groups in total. The van der Waals surface area contributed by atoms with E-state index in [1.165, 1.54) is 0 Å². The second-order valence-electron chi connectivity index (χ2n) is 8.38. The zero-order valence-corrected chi connectivity index (χ0v) is 15.4. The molecular formula is C20H27NO4. The molecular weight excluding hydrogens is 318 g/mol. The Morgan fingerprint density at radius 2 is 1.96 bits per heavy atom. The Labute approximate surface area is 149 Å². The van der Waals surface area contributed by atoms with Gasteiger partial charge in [-0.3, -0.25) is 0 Å². The Morgan fingerprint density at radius 1 is 1.28 bits per heavy atom. The third kappa shape index (κ3) is 4.33. The molecule has 1 aromatic carbocycles. The molecule has 0 radical (unpaired) electrons. The maximum Gasteiger partial charge on any atom is 0.410 e. The van der Waals surface area contributed by atoms with E-state index in [0.717, 1.165) is 30.4 Å². The van der Waals surface area contributed by atoms with E-state index in [-0.39, 0.29) is 18.1 Å². The standard InChI is InChI=1S/C20H27NO4/c1-12-5-8-14(18(22)23)15(9-12)16-10-17(16)21(11-13-6-7-13)19(24)25-20(2,3)4/h5,8-9,13,16-17H,6-7,10-11H2,1-4H3,(H,22,23)/t16-,17+/m0/s1. The number of carbonyl (C=O) groups is 2. The summed E-state index contributed by atoms with van der Waals surface area (Å²) in [6.45, 7) is 8.28. The zero-order chi connectivity index (χ0) is 18.4. The van der Waals surface area contributed by atoms with Crippen molar-refractivity contribution in [2.45, 2.75) is 64.5 Å². The van der Waals surface area contributed by atoms with Crippen LogP contribution in [-0.2, 0) is 4.74 Å². The van der Waals surface area contributed by atoms with Crippen LogP contribution in [0.2, 0.25) is 0 Å². The number of rotatable bonds is 5. The van der Waals surface area contributed by atoms with E-state index in [9.17, 15) is 14.7 Å². The Balaban J connectivity index is 1.80. The molecule has 2 aliphatic carbocycles. The Morgan fingerprint density at radius 3 is 2.52 bits per heavy atom. The third-order valence-corrected chi connectivity index (χ3v) is 4.77. The third-order valence-electron chi connectivity index (χ3n) is 4.77. The number of carboxylic acid groups (broad SMARTS) is 1. The van der Waals surface area contributed by atoms with Gasteiger partial charge in [-0.2, -0.15) is 0 Å². The molecule has 0 unspecified atom stereocenters. The highest BCUT2D eigenvalue weighted by Crippen LogP contribution is 2.48. The molecule has 0 heterocycles. The van der Waals surface area contributed by atoms with E-state index in [1.807, 2.05) is 44.7 Å². The van der Waals surface area contributed by atoms with Crippen LogP contribution in [0.1, 0.15) is 67.4 Å². The lowest BCUT2D eigenvalue weighted by atomic mass is 10.00. The van der Waals surface area contributed by atoms with Crippen LogP contribution in [0.4, 0.5) is 4.79 Å². The van der Waals surface area contributed by atoms with Gasteiger partial charge in [0.15, 0.2) is 0 Å². The van der Waals surface area contributed by atoms with Crippen molar-refractivity contribution in [1.29, 1.82) is 0 Å². The van der Waals surface area contributed by atoms with E-state index in [0.29, 0.717) is 18.0 Å². The van der Waals surface area contributed by atoms with Crippen LogP contribution < -0.4 is 0 Å². The van der Waals surface area contributed by atoms with Gasteiger partial charge in [-0.05, 0) is 64.5 Å². The minimum absolute atomic E-state index is 0.0374. The summed E-state index contributed by atoms with van der Waals surface area (Å²) in [6.07, 6.45) is 2.83. The molecule has 2 aliphatic rings. The fourth-order valence-corrected chi connectivity index (χ4v) is 3.29. The van der Waals surface area contributed by atoms with E-state index in [2.05, 4.69) is 0 Å². The summed E-state index contributed by atoms with van der Waals surface area (Å²) in [6, 6.07) is 5.47. The van der Waals surface area contributed by atoms with Gasteiger partial charge in [0, 0.05) is 18.5 Å². The number of hydrogen-bond donors (Lipinski definition) is 1. The van der Waals surface area contributed by atoms with Crippen LogP contribution in [0.3, 0.4) is 0 Å². The van der Waals surface area contributed by atoms with Crippen molar-refractivity contribution in [2.75, 3.05) is 6.54 Å². The Hall–Kier alpha value is -2.04. The monoisotopic (exact) mass is 345 g/mol. The fourth-order valence-electron chi connectivity index (χ4n) is 3.29. The van der Waals surface area contributed by atoms with Gasteiger partial charge >= 0.3 is 12.1 Å². The maximum atomic E-state index is 12.7. The van der Waals surface area contributed by atoms with Crippen LogP contribution in [0.25, 0.3) is 0 Å². The first-order valence-corrected chi connectivity index (χ1v) is 8.99. The lowest BCUT2D eigenvalue weighted by Crippen LogP contribution is -2.40. The molecule has 3 rings (SSSR count). The summed E-state index contributed by atoms with van der Waals surface area (Å²) < 4.78 is 5.59. The molecule has 5 nitrogen and oxygen atoms in total. The topological polar surface area (TPSA) is 66.8 Å². The molecule has 0 aliphatic heterocycles. The number of nitrogens with zero attached hydrogens (tertiary/aromatic N) is 1. The molecule has 25 heavy (non-hydrogen) atoms. The lowest BCUT2D eigenvalue weighted by Gasteiger charge is -2.28. The second kappa shape index (κ2) is 6.36. The quantitative estimate of drug-likeness (QED) is 0.868. The van der Waals surface area contributed by atoms with Gasteiger partial charge in [0.2, 0.25) is 0 Å². The molecule has 2 fully saturated rings. The van der Waals surface area contributed by atoms with Gasteiger partial charge < -0.3 is 14.7 Å². The minimum Gasteiger partial charge on any atom is -0.478 e. The molecule has 5 heteroatoms. The highest BCUT2D eigenvalue weighted by molar-refractivity contribution is 5.90. The highest BCUT2D eigenvalue weighted by Gasteiger charge is 2.48. The van der Waals surface area contributed by atoms with Crippen LogP contribution in [0.15, 0.2) is 18.2 Å². The number of benzene rings is 1. The van der Waals surface area contributed by atoms with Crippen molar-refractivity contribution in [3.63, 3.8) is 0 Å². The van der Waals surface area contributed by atoms with Gasteiger partial charge in [0.25, 0.3) is 0 Å². The van der Waals surface area contributed by atoms with Gasteiger partial charge in [0.1, 0.15) is 5.60 Å². The number of amides is 1. The SMILES string of the molecule is Cc1ccc(C(=O)O)c([C@@H]2C[C@H]2N(CC2CC2)C(=O)OC(C)(C)C)c1. The van der Waals surface area contributed by atoms with E-state index >= 15 is 0 Å². The van der Waals surface area contributed by atoms with Gasteiger partial charge in [-0.25, -0.2) is 9.59 Å². The van der Waals surface area contributed by atoms with Gasteiger partial charge in [-0.15, -0.1) is 0 Å². The van der Waals surface area contributed by atoms with Crippen molar-refractivity contribution in [3.8, 4) is 0 Å². The van der Waals surface area contributed by atoms with E-state index in [4.69, 9.17) is 4.74 Å². The Kier molecular flexibility index (Phi) is 4.52. The van der Waals surface area contributed by atoms with Crippen LogP contribution in [-0.4, -0.2) is 40.3 Å². The van der Waals surface area contributed by atoms with Crippen molar-refractivity contribution >= 4 is 12.1 Å². The number of hydrogen-bond acceptors (Lipinski definition) is 3. The molecule has 136 valence electrons. The van der Waals surface area contributed by atoms with Crippen LogP contribution in [0, 0.1) is 12.8 Å². The molecule has 2 atom stereocenters. The normalized spacial score (nSPS) is 22.4. The first-order valence-electron chi connectivity index (χ1n) is 8.99. The predicted molar refractivity (Wildman–Crippen MR) is 94.9 cm³/mol. The van der Waals surface area contributed by atoms with Gasteiger partial charge in [-0.1, -0.05) is 17.7 Å². The number of carboxylic acids is 1. The summed E-state index contributed by atoms with van der Waals surface area (Å²) >= 11 is 0. The largest absolute Gasteiger partial charge is 0.478 e. The molecule has 2 saturated carbocycles. The van der Waals surface area contributed by atoms with Crippen LogP contribution >= 0.6 is 0 Å². The maximum absolute atomic E-state index is 12.7. The van der Waals surface area contributed by atoms with Crippen molar-refractivity contribution in [1.82, 2.24) is 4.90 Å². The zero-order valence-electron chi connectivity index (χ0n) is 15.4. The number of carbonyl (C=O) groups excluding carboxylic acids is 1. The van der Waals surface area contributed by atoms with Crippen LogP contribution in [0.5, 0.6) is 0 Å². The summed E-state index contributed by atoms with van der Waals surface area (Å²) in [5.74, 6) is -0.269. The Bertz CT molecular complexity index is 687. The fraction of sp³-hybridized carbons (Fsp3) is 0.600. The summed E-state index contributed by atoms with van der Waals surface area (Å²) in [5, 5.41) is 9.47.